The molecular weight excluding hydrogens is 420 g/mol. The molecule has 1 aliphatic rings. The van der Waals surface area contributed by atoms with E-state index in [-0.39, 0.29) is 23.4 Å². The molecule has 0 bridgehead atoms. The number of aryl methyl sites for hydroxylation is 3. The third kappa shape index (κ3) is 4.02. The Morgan fingerprint density at radius 1 is 0.969 bits per heavy atom. The minimum absolute atomic E-state index is 0.0245. The van der Waals surface area contributed by atoms with Gasteiger partial charge in [-0.05, 0) is 81.1 Å². The average molecular weight is 449 g/mol. The molecule has 0 aliphatic carbocycles. The van der Waals surface area contributed by atoms with Crippen LogP contribution in [0.15, 0.2) is 71.6 Å². The van der Waals surface area contributed by atoms with Crippen LogP contribution in [0.1, 0.15) is 29.2 Å². The summed E-state index contributed by atoms with van der Waals surface area (Å²) < 4.78 is 28.6. The Kier molecular flexibility index (Phi) is 5.82. The van der Waals surface area contributed by atoms with Crippen molar-refractivity contribution in [3.05, 3.63) is 89.0 Å². The predicted molar refractivity (Wildman–Crippen MR) is 129 cm³/mol. The highest BCUT2D eigenvalue weighted by molar-refractivity contribution is 7.92. The van der Waals surface area contributed by atoms with Crippen molar-refractivity contribution in [2.45, 2.75) is 45.1 Å². The maximum absolute atomic E-state index is 13.7. The van der Waals surface area contributed by atoms with E-state index in [0.717, 1.165) is 34.4 Å². The van der Waals surface area contributed by atoms with Gasteiger partial charge in [0, 0.05) is 11.7 Å². The standard InChI is InChI=1S/C26H28N2O3S/c1-18-9-13-24(14-10-18)32(30,31)27(23-12-11-19(2)20(3)15-23)17-26(29)28-21(4)16-22-7-5-6-8-25(22)28/h5-15,21H,16-17H2,1-4H3/t21-/m0/s1. The molecular formula is C26H28N2O3S. The first-order valence-electron chi connectivity index (χ1n) is 10.7. The topological polar surface area (TPSA) is 57.7 Å². The Hall–Kier alpha value is -3.12. The number of carbonyl (C=O) groups excluding carboxylic acids is 1. The third-order valence-electron chi connectivity index (χ3n) is 6.14. The number of benzene rings is 3. The Labute approximate surface area is 190 Å². The zero-order chi connectivity index (χ0) is 23.0. The summed E-state index contributed by atoms with van der Waals surface area (Å²) in [5.74, 6) is -0.239. The number of fused-ring (bicyclic) bond motifs is 1. The van der Waals surface area contributed by atoms with Crippen molar-refractivity contribution >= 4 is 27.3 Å². The van der Waals surface area contributed by atoms with Crippen LogP contribution in [0.4, 0.5) is 11.4 Å². The fraction of sp³-hybridized carbons (Fsp3) is 0.269. The van der Waals surface area contributed by atoms with Gasteiger partial charge in [-0.1, -0.05) is 42.0 Å². The van der Waals surface area contributed by atoms with Crippen LogP contribution in [0, 0.1) is 20.8 Å². The molecule has 3 aromatic carbocycles. The molecule has 1 atom stereocenters. The Morgan fingerprint density at radius 3 is 2.34 bits per heavy atom. The van der Waals surface area contributed by atoms with Crippen LogP contribution in [-0.4, -0.2) is 26.9 Å². The van der Waals surface area contributed by atoms with Crippen molar-refractivity contribution in [3.8, 4) is 0 Å². The van der Waals surface area contributed by atoms with Crippen LogP contribution in [0.2, 0.25) is 0 Å². The number of rotatable bonds is 5. The molecule has 0 saturated carbocycles. The average Bonchev–Trinajstić information content (AvgIpc) is 3.10. The highest BCUT2D eigenvalue weighted by atomic mass is 32.2. The van der Waals surface area contributed by atoms with Crippen molar-refractivity contribution < 1.29 is 13.2 Å². The molecule has 1 aliphatic heterocycles. The zero-order valence-electron chi connectivity index (χ0n) is 18.9. The minimum atomic E-state index is -3.93. The van der Waals surface area contributed by atoms with Crippen LogP contribution in [0.25, 0.3) is 0 Å². The number of amides is 1. The van der Waals surface area contributed by atoms with Crippen LogP contribution >= 0.6 is 0 Å². The molecule has 5 nitrogen and oxygen atoms in total. The van der Waals surface area contributed by atoms with Crippen molar-refractivity contribution in [3.63, 3.8) is 0 Å². The number of hydrogen-bond donors (Lipinski definition) is 0. The largest absolute Gasteiger partial charge is 0.307 e. The first-order chi connectivity index (χ1) is 15.2. The van der Waals surface area contributed by atoms with E-state index in [9.17, 15) is 13.2 Å². The van der Waals surface area contributed by atoms with Gasteiger partial charge in [0.05, 0.1) is 10.6 Å². The maximum atomic E-state index is 13.7. The number of sulfonamides is 1. The Balaban J connectivity index is 1.75. The molecule has 0 saturated heterocycles. The van der Waals surface area contributed by atoms with E-state index in [0.29, 0.717) is 5.69 Å². The number of nitrogens with zero attached hydrogens (tertiary/aromatic N) is 2. The molecule has 6 heteroatoms. The first-order valence-corrected chi connectivity index (χ1v) is 12.2. The highest BCUT2D eigenvalue weighted by Gasteiger charge is 2.34. The van der Waals surface area contributed by atoms with Gasteiger partial charge in [-0.2, -0.15) is 0 Å². The van der Waals surface area contributed by atoms with Crippen molar-refractivity contribution in [2.75, 3.05) is 15.7 Å². The van der Waals surface area contributed by atoms with Crippen LogP contribution in [0.5, 0.6) is 0 Å². The van der Waals surface area contributed by atoms with Gasteiger partial charge in [0.15, 0.2) is 0 Å². The summed E-state index contributed by atoms with van der Waals surface area (Å²) in [5.41, 5.74) is 5.46. The monoisotopic (exact) mass is 448 g/mol. The SMILES string of the molecule is Cc1ccc(S(=O)(=O)N(CC(=O)N2c3ccccc3C[C@@H]2C)c2ccc(C)c(C)c2)cc1. The van der Waals surface area contributed by atoms with E-state index in [1.807, 2.05) is 64.1 Å². The molecule has 0 radical (unpaired) electrons. The minimum Gasteiger partial charge on any atom is -0.307 e. The fourth-order valence-electron chi connectivity index (χ4n) is 4.18. The molecule has 1 heterocycles. The van der Waals surface area contributed by atoms with E-state index >= 15 is 0 Å². The Morgan fingerprint density at radius 2 is 1.66 bits per heavy atom. The third-order valence-corrected chi connectivity index (χ3v) is 7.93. The van der Waals surface area contributed by atoms with Gasteiger partial charge in [0.1, 0.15) is 6.54 Å². The number of carbonyl (C=O) groups is 1. The predicted octanol–water partition coefficient (Wildman–Crippen LogP) is 4.78. The second-order valence-corrected chi connectivity index (χ2v) is 10.4. The van der Waals surface area contributed by atoms with Gasteiger partial charge < -0.3 is 4.90 Å². The summed E-state index contributed by atoms with van der Waals surface area (Å²) in [5, 5.41) is 0. The van der Waals surface area contributed by atoms with E-state index in [4.69, 9.17) is 0 Å². The molecule has 3 aromatic rings. The summed E-state index contributed by atoms with van der Waals surface area (Å²) in [6.07, 6.45) is 0.760. The number of anilines is 2. The van der Waals surface area contributed by atoms with Gasteiger partial charge in [0.25, 0.3) is 10.0 Å². The lowest BCUT2D eigenvalue weighted by Gasteiger charge is -2.29. The van der Waals surface area contributed by atoms with Gasteiger partial charge in [0.2, 0.25) is 5.91 Å². The number of para-hydroxylation sites is 1. The van der Waals surface area contributed by atoms with Crippen molar-refractivity contribution in [1.82, 2.24) is 0 Å². The first kappa shape index (κ1) is 22.1. The fourth-order valence-corrected chi connectivity index (χ4v) is 5.58. The lowest BCUT2D eigenvalue weighted by Crippen LogP contribution is -2.45. The molecule has 0 spiro atoms. The summed E-state index contributed by atoms with van der Waals surface area (Å²) in [4.78, 5) is 15.4. The Bertz CT molecular complexity index is 1270. The molecule has 0 fully saturated rings. The summed E-state index contributed by atoms with van der Waals surface area (Å²) in [7, 11) is -3.93. The van der Waals surface area contributed by atoms with Gasteiger partial charge >= 0.3 is 0 Å². The molecule has 4 rings (SSSR count). The second-order valence-electron chi connectivity index (χ2n) is 8.54. The molecule has 1 amide bonds. The van der Waals surface area contributed by atoms with Crippen LogP contribution in [-0.2, 0) is 21.2 Å². The van der Waals surface area contributed by atoms with Gasteiger partial charge in [-0.25, -0.2) is 8.42 Å². The highest BCUT2D eigenvalue weighted by Crippen LogP contribution is 2.33. The molecule has 32 heavy (non-hydrogen) atoms. The normalized spacial score (nSPS) is 15.5. The van der Waals surface area contributed by atoms with E-state index < -0.39 is 10.0 Å². The van der Waals surface area contributed by atoms with E-state index in [1.54, 1.807) is 35.2 Å². The van der Waals surface area contributed by atoms with Crippen LogP contribution < -0.4 is 9.21 Å². The summed E-state index contributed by atoms with van der Waals surface area (Å²) in [6, 6.07) is 20.0. The molecule has 0 unspecified atom stereocenters. The van der Waals surface area contributed by atoms with Crippen molar-refractivity contribution in [2.24, 2.45) is 0 Å². The quantitative estimate of drug-likeness (QED) is 0.564. The van der Waals surface area contributed by atoms with Crippen LogP contribution in [0.3, 0.4) is 0 Å². The van der Waals surface area contributed by atoms with E-state index in [1.165, 1.54) is 4.31 Å². The maximum Gasteiger partial charge on any atom is 0.264 e. The number of hydrogen-bond acceptors (Lipinski definition) is 3. The molecule has 166 valence electrons. The lowest BCUT2D eigenvalue weighted by molar-refractivity contribution is -0.117. The molecule has 0 N–H and O–H groups in total. The second kappa shape index (κ2) is 8.43. The summed E-state index contributed by atoms with van der Waals surface area (Å²) in [6.45, 7) is 7.55. The van der Waals surface area contributed by atoms with Crippen molar-refractivity contribution in [1.29, 1.82) is 0 Å². The molecule has 0 aromatic heterocycles. The zero-order valence-corrected chi connectivity index (χ0v) is 19.7. The summed E-state index contributed by atoms with van der Waals surface area (Å²) >= 11 is 0. The van der Waals surface area contributed by atoms with Gasteiger partial charge in [-0.3, -0.25) is 9.10 Å². The van der Waals surface area contributed by atoms with E-state index in [2.05, 4.69) is 0 Å². The smallest absolute Gasteiger partial charge is 0.264 e. The lowest BCUT2D eigenvalue weighted by atomic mass is 10.1. The van der Waals surface area contributed by atoms with Gasteiger partial charge in [-0.15, -0.1) is 0 Å².